The quantitative estimate of drug-likeness (QED) is 0.781. The minimum atomic E-state index is 0.00842. The second-order valence-electron chi connectivity index (χ2n) is 7.12. The number of rotatable bonds is 7. The Labute approximate surface area is 171 Å². The number of hydrogen-bond acceptors (Lipinski definition) is 4. The highest BCUT2D eigenvalue weighted by Gasteiger charge is 2.24. The number of likely N-dealkylation sites (tertiary alicyclic amines) is 1. The van der Waals surface area contributed by atoms with Crippen LogP contribution in [0.3, 0.4) is 0 Å². The lowest BCUT2D eigenvalue weighted by molar-refractivity contribution is -0.121. The zero-order valence-corrected chi connectivity index (χ0v) is 17.0. The Kier molecular flexibility index (Phi) is 7.11. The van der Waals surface area contributed by atoms with Gasteiger partial charge in [0, 0.05) is 24.7 Å². The molecule has 1 heterocycles. The molecule has 6 heteroatoms. The van der Waals surface area contributed by atoms with Gasteiger partial charge in [-0.25, -0.2) is 0 Å². The Morgan fingerprint density at radius 3 is 2.21 bits per heavy atom. The molecule has 3 rings (SSSR count). The molecular formula is C23H28N2O4. The van der Waals surface area contributed by atoms with Crippen LogP contribution in [0.5, 0.6) is 11.5 Å². The predicted octanol–water partition coefficient (Wildman–Crippen LogP) is 3.06. The maximum atomic E-state index is 12.6. The fourth-order valence-corrected chi connectivity index (χ4v) is 3.48. The molecule has 2 amide bonds. The summed E-state index contributed by atoms with van der Waals surface area (Å²) in [4.78, 5) is 26.8. The van der Waals surface area contributed by atoms with E-state index in [-0.39, 0.29) is 17.9 Å². The number of nitrogens with zero attached hydrogens (tertiary/aromatic N) is 1. The zero-order valence-electron chi connectivity index (χ0n) is 17.0. The molecule has 0 radical (unpaired) electrons. The van der Waals surface area contributed by atoms with Crippen molar-refractivity contribution in [1.82, 2.24) is 10.2 Å². The van der Waals surface area contributed by atoms with Crippen LogP contribution in [0.2, 0.25) is 0 Å². The third-order valence-electron chi connectivity index (χ3n) is 5.08. The van der Waals surface area contributed by atoms with E-state index in [1.54, 1.807) is 31.4 Å². The molecule has 0 aliphatic carbocycles. The highest BCUT2D eigenvalue weighted by atomic mass is 16.5. The third-order valence-corrected chi connectivity index (χ3v) is 5.08. The van der Waals surface area contributed by atoms with E-state index in [2.05, 4.69) is 5.32 Å². The van der Waals surface area contributed by atoms with Gasteiger partial charge in [0.25, 0.3) is 5.91 Å². The lowest BCUT2D eigenvalue weighted by Gasteiger charge is -2.32. The molecule has 1 N–H and O–H groups in total. The number of ether oxygens (including phenoxy) is 2. The number of hydrogen-bond donors (Lipinski definition) is 1. The van der Waals surface area contributed by atoms with E-state index in [1.807, 2.05) is 36.1 Å². The van der Waals surface area contributed by atoms with Crippen LogP contribution in [0, 0.1) is 0 Å². The van der Waals surface area contributed by atoms with Crippen molar-refractivity contribution in [2.24, 2.45) is 0 Å². The summed E-state index contributed by atoms with van der Waals surface area (Å²) in [6, 6.07) is 14.9. The van der Waals surface area contributed by atoms with Gasteiger partial charge in [0.2, 0.25) is 5.91 Å². The van der Waals surface area contributed by atoms with Crippen LogP contribution in [0.1, 0.15) is 35.7 Å². The first-order chi connectivity index (χ1) is 14.1. The van der Waals surface area contributed by atoms with Crippen molar-refractivity contribution in [2.75, 3.05) is 26.8 Å². The van der Waals surface area contributed by atoms with Gasteiger partial charge in [0.05, 0.1) is 20.1 Å². The first-order valence-corrected chi connectivity index (χ1v) is 10.0. The van der Waals surface area contributed by atoms with E-state index in [9.17, 15) is 9.59 Å². The predicted molar refractivity (Wildman–Crippen MR) is 111 cm³/mol. The maximum absolute atomic E-state index is 12.6. The van der Waals surface area contributed by atoms with Crippen molar-refractivity contribution in [3.05, 3.63) is 59.7 Å². The van der Waals surface area contributed by atoms with E-state index < -0.39 is 0 Å². The fourth-order valence-electron chi connectivity index (χ4n) is 3.48. The van der Waals surface area contributed by atoms with Crippen molar-refractivity contribution in [2.45, 2.75) is 32.2 Å². The van der Waals surface area contributed by atoms with Gasteiger partial charge in [-0.1, -0.05) is 12.1 Å². The van der Waals surface area contributed by atoms with Gasteiger partial charge in [-0.2, -0.15) is 0 Å². The van der Waals surface area contributed by atoms with Crippen LogP contribution < -0.4 is 14.8 Å². The number of nitrogens with one attached hydrogen (secondary N) is 1. The van der Waals surface area contributed by atoms with Crippen molar-refractivity contribution < 1.29 is 19.1 Å². The first kappa shape index (κ1) is 20.7. The van der Waals surface area contributed by atoms with Crippen LogP contribution >= 0.6 is 0 Å². The molecule has 154 valence electrons. The molecule has 0 unspecified atom stereocenters. The molecule has 1 aliphatic heterocycles. The standard InChI is InChI=1S/C23H28N2O4/c1-3-29-21-8-4-17(5-9-21)16-22(26)24-19-12-14-25(15-13-19)23(27)18-6-10-20(28-2)11-7-18/h4-11,19H,3,12-16H2,1-2H3,(H,24,26). The number of benzene rings is 2. The Hall–Kier alpha value is -3.02. The average molecular weight is 396 g/mol. The van der Waals surface area contributed by atoms with E-state index in [4.69, 9.17) is 9.47 Å². The molecule has 0 bridgehead atoms. The molecule has 29 heavy (non-hydrogen) atoms. The summed E-state index contributed by atoms with van der Waals surface area (Å²) in [6.07, 6.45) is 1.87. The van der Waals surface area contributed by atoms with Gasteiger partial charge in [0.15, 0.2) is 0 Å². The topological polar surface area (TPSA) is 67.9 Å². The van der Waals surface area contributed by atoms with Crippen molar-refractivity contribution in [3.8, 4) is 11.5 Å². The summed E-state index contributed by atoms with van der Waals surface area (Å²) in [7, 11) is 1.60. The maximum Gasteiger partial charge on any atom is 0.253 e. The normalized spacial score (nSPS) is 14.3. The number of amides is 2. The largest absolute Gasteiger partial charge is 0.497 e. The Morgan fingerprint density at radius 1 is 1.00 bits per heavy atom. The van der Waals surface area contributed by atoms with Crippen LogP contribution in [0.15, 0.2) is 48.5 Å². The van der Waals surface area contributed by atoms with Crippen LogP contribution in [-0.4, -0.2) is 49.6 Å². The first-order valence-electron chi connectivity index (χ1n) is 10.0. The minimum absolute atomic E-state index is 0.00842. The molecule has 0 saturated carbocycles. The van der Waals surface area contributed by atoms with Gasteiger partial charge in [0.1, 0.15) is 11.5 Å². The smallest absolute Gasteiger partial charge is 0.253 e. The average Bonchev–Trinajstić information content (AvgIpc) is 2.75. The van der Waals surface area contributed by atoms with Crippen LogP contribution in [-0.2, 0) is 11.2 Å². The molecule has 0 aromatic heterocycles. The molecule has 1 fully saturated rings. The van der Waals surface area contributed by atoms with E-state index >= 15 is 0 Å². The number of methoxy groups -OCH3 is 1. The van der Waals surface area contributed by atoms with Crippen molar-refractivity contribution in [3.63, 3.8) is 0 Å². The number of carbonyl (C=O) groups is 2. The van der Waals surface area contributed by atoms with E-state index in [1.165, 1.54) is 0 Å². The highest BCUT2D eigenvalue weighted by Crippen LogP contribution is 2.17. The minimum Gasteiger partial charge on any atom is -0.497 e. The molecule has 0 spiro atoms. The van der Waals surface area contributed by atoms with E-state index in [0.717, 1.165) is 29.9 Å². The van der Waals surface area contributed by atoms with Crippen molar-refractivity contribution >= 4 is 11.8 Å². The van der Waals surface area contributed by atoms with Gasteiger partial charge >= 0.3 is 0 Å². The highest BCUT2D eigenvalue weighted by molar-refractivity contribution is 5.94. The van der Waals surface area contributed by atoms with Crippen LogP contribution in [0.25, 0.3) is 0 Å². The van der Waals surface area contributed by atoms with Crippen LogP contribution in [0.4, 0.5) is 0 Å². The molecule has 6 nitrogen and oxygen atoms in total. The number of piperidine rings is 1. The summed E-state index contributed by atoms with van der Waals surface area (Å²) in [5.74, 6) is 1.57. The summed E-state index contributed by atoms with van der Waals surface area (Å²) in [5, 5.41) is 3.10. The summed E-state index contributed by atoms with van der Waals surface area (Å²) < 4.78 is 10.6. The van der Waals surface area contributed by atoms with Gasteiger partial charge in [-0.15, -0.1) is 0 Å². The van der Waals surface area contributed by atoms with Gasteiger partial charge < -0.3 is 19.7 Å². The second kappa shape index (κ2) is 9.96. The Morgan fingerprint density at radius 2 is 1.62 bits per heavy atom. The van der Waals surface area contributed by atoms with Gasteiger partial charge in [-0.05, 0) is 61.7 Å². The lowest BCUT2D eigenvalue weighted by Crippen LogP contribution is -2.46. The summed E-state index contributed by atoms with van der Waals surface area (Å²) >= 11 is 0. The molecule has 2 aromatic carbocycles. The lowest BCUT2D eigenvalue weighted by atomic mass is 10.0. The second-order valence-corrected chi connectivity index (χ2v) is 7.12. The Bertz CT molecular complexity index is 810. The summed E-state index contributed by atoms with van der Waals surface area (Å²) in [6.45, 7) is 3.84. The molecule has 1 saturated heterocycles. The third kappa shape index (κ3) is 5.73. The fraction of sp³-hybridized carbons (Fsp3) is 0.391. The monoisotopic (exact) mass is 396 g/mol. The molecule has 0 atom stereocenters. The van der Waals surface area contributed by atoms with E-state index in [0.29, 0.717) is 31.7 Å². The molecule has 1 aliphatic rings. The Balaban J connectivity index is 1.45. The number of carbonyl (C=O) groups excluding carboxylic acids is 2. The molecular weight excluding hydrogens is 368 g/mol. The zero-order chi connectivity index (χ0) is 20.6. The summed E-state index contributed by atoms with van der Waals surface area (Å²) in [5.41, 5.74) is 1.61. The van der Waals surface area contributed by atoms with Gasteiger partial charge in [-0.3, -0.25) is 9.59 Å². The molecule has 2 aromatic rings. The SMILES string of the molecule is CCOc1ccc(CC(=O)NC2CCN(C(=O)c3ccc(OC)cc3)CC2)cc1. The van der Waals surface area contributed by atoms with Crippen molar-refractivity contribution in [1.29, 1.82) is 0 Å².